The first-order valence-electron chi connectivity index (χ1n) is 5.37. The van der Waals surface area contributed by atoms with E-state index in [9.17, 15) is 0 Å². The fraction of sp³-hybridized carbons (Fsp3) is 0.154. The van der Waals surface area contributed by atoms with Gasteiger partial charge in [0.15, 0.2) is 0 Å². The van der Waals surface area contributed by atoms with Gasteiger partial charge in [-0.25, -0.2) is 4.98 Å². The fourth-order valence-electron chi connectivity index (χ4n) is 1.32. The lowest BCUT2D eigenvalue weighted by atomic mass is 10.3. The zero-order chi connectivity index (χ0) is 12.8. The zero-order valence-corrected chi connectivity index (χ0v) is 11.8. The molecule has 0 spiro atoms. The number of benzene rings is 1. The molecule has 0 saturated heterocycles. The highest BCUT2D eigenvalue weighted by atomic mass is 35.5. The van der Waals surface area contributed by atoms with Gasteiger partial charge in [0.2, 0.25) is 0 Å². The van der Waals surface area contributed by atoms with Gasteiger partial charge in [0.1, 0.15) is 5.75 Å². The SMILES string of the molecule is Clc1ccc(Cl)c(OCCSc2ccccn2)c1. The molecule has 2 aromatic rings. The first kappa shape index (κ1) is 13.5. The predicted octanol–water partition coefficient (Wildman–Crippen LogP) is 4.56. The van der Waals surface area contributed by atoms with Crippen LogP contribution in [0.3, 0.4) is 0 Å². The maximum absolute atomic E-state index is 5.99. The minimum Gasteiger partial charge on any atom is -0.491 e. The monoisotopic (exact) mass is 299 g/mol. The maximum Gasteiger partial charge on any atom is 0.139 e. The van der Waals surface area contributed by atoms with Crippen LogP contribution in [0.4, 0.5) is 0 Å². The molecule has 0 saturated carbocycles. The van der Waals surface area contributed by atoms with E-state index in [0.717, 1.165) is 10.8 Å². The van der Waals surface area contributed by atoms with Crippen molar-refractivity contribution >= 4 is 35.0 Å². The second kappa shape index (κ2) is 6.88. The van der Waals surface area contributed by atoms with Gasteiger partial charge in [-0.3, -0.25) is 0 Å². The van der Waals surface area contributed by atoms with Crippen LogP contribution in [0.15, 0.2) is 47.6 Å². The molecule has 0 radical (unpaired) electrons. The summed E-state index contributed by atoms with van der Waals surface area (Å²) in [6, 6.07) is 11.0. The summed E-state index contributed by atoms with van der Waals surface area (Å²) in [4.78, 5) is 4.22. The lowest BCUT2D eigenvalue weighted by molar-refractivity contribution is 0.344. The topological polar surface area (TPSA) is 22.1 Å². The third-order valence-electron chi connectivity index (χ3n) is 2.12. The molecule has 2 rings (SSSR count). The van der Waals surface area contributed by atoms with Crippen molar-refractivity contribution in [1.29, 1.82) is 0 Å². The van der Waals surface area contributed by atoms with E-state index < -0.39 is 0 Å². The number of aromatic nitrogens is 1. The van der Waals surface area contributed by atoms with Gasteiger partial charge >= 0.3 is 0 Å². The van der Waals surface area contributed by atoms with E-state index in [4.69, 9.17) is 27.9 Å². The molecule has 0 amide bonds. The van der Waals surface area contributed by atoms with Crippen molar-refractivity contribution in [3.63, 3.8) is 0 Å². The molecule has 0 atom stereocenters. The molecule has 0 aliphatic heterocycles. The van der Waals surface area contributed by atoms with Crippen LogP contribution in [0.1, 0.15) is 0 Å². The largest absolute Gasteiger partial charge is 0.491 e. The van der Waals surface area contributed by atoms with Crippen molar-refractivity contribution in [3.8, 4) is 5.75 Å². The van der Waals surface area contributed by atoms with E-state index in [2.05, 4.69) is 4.98 Å². The third-order valence-corrected chi connectivity index (χ3v) is 3.58. The molecule has 0 aliphatic rings. The minimum atomic E-state index is 0.557. The highest BCUT2D eigenvalue weighted by Gasteiger charge is 2.02. The predicted molar refractivity (Wildman–Crippen MR) is 76.9 cm³/mol. The van der Waals surface area contributed by atoms with E-state index in [0.29, 0.717) is 22.4 Å². The second-order valence-electron chi connectivity index (χ2n) is 3.44. The average molecular weight is 300 g/mol. The number of thioether (sulfide) groups is 1. The highest BCUT2D eigenvalue weighted by Crippen LogP contribution is 2.27. The van der Waals surface area contributed by atoms with E-state index >= 15 is 0 Å². The number of rotatable bonds is 5. The Morgan fingerprint density at radius 3 is 2.83 bits per heavy atom. The van der Waals surface area contributed by atoms with E-state index in [-0.39, 0.29) is 0 Å². The number of hydrogen-bond acceptors (Lipinski definition) is 3. The summed E-state index contributed by atoms with van der Waals surface area (Å²) < 4.78 is 5.57. The van der Waals surface area contributed by atoms with Crippen LogP contribution >= 0.6 is 35.0 Å². The Labute approximate surface area is 120 Å². The number of ether oxygens (including phenoxy) is 1. The molecule has 0 N–H and O–H groups in total. The van der Waals surface area contributed by atoms with Crippen LogP contribution in [-0.4, -0.2) is 17.3 Å². The Kier molecular flexibility index (Phi) is 5.17. The molecule has 18 heavy (non-hydrogen) atoms. The molecular weight excluding hydrogens is 289 g/mol. The van der Waals surface area contributed by atoms with Crippen LogP contribution in [0.25, 0.3) is 0 Å². The van der Waals surface area contributed by atoms with E-state index in [1.165, 1.54) is 0 Å². The molecule has 0 fully saturated rings. The maximum atomic E-state index is 5.99. The molecule has 0 bridgehead atoms. The molecule has 94 valence electrons. The Balaban J connectivity index is 1.80. The van der Waals surface area contributed by atoms with Crippen LogP contribution in [0.5, 0.6) is 5.75 Å². The highest BCUT2D eigenvalue weighted by molar-refractivity contribution is 7.99. The Bertz CT molecular complexity index is 508. The Morgan fingerprint density at radius 1 is 1.17 bits per heavy atom. The van der Waals surface area contributed by atoms with Crippen molar-refractivity contribution in [2.45, 2.75) is 5.03 Å². The van der Waals surface area contributed by atoms with Crippen molar-refractivity contribution in [2.75, 3.05) is 12.4 Å². The zero-order valence-electron chi connectivity index (χ0n) is 9.48. The molecule has 0 unspecified atom stereocenters. The molecule has 1 heterocycles. The molecule has 0 aliphatic carbocycles. The van der Waals surface area contributed by atoms with Gasteiger partial charge in [-0.1, -0.05) is 29.3 Å². The van der Waals surface area contributed by atoms with Crippen molar-refractivity contribution in [3.05, 3.63) is 52.6 Å². The summed E-state index contributed by atoms with van der Waals surface area (Å²) in [6.07, 6.45) is 1.77. The Morgan fingerprint density at radius 2 is 2.06 bits per heavy atom. The van der Waals surface area contributed by atoms with Gasteiger partial charge in [0.25, 0.3) is 0 Å². The van der Waals surface area contributed by atoms with Crippen molar-refractivity contribution < 1.29 is 4.74 Å². The summed E-state index contributed by atoms with van der Waals surface area (Å²) in [5.74, 6) is 1.42. The van der Waals surface area contributed by atoms with Gasteiger partial charge in [-0.2, -0.15) is 0 Å². The summed E-state index contributed by atoms with van der Waals surface area (Å²) in [6.45, 7) is 0.557. The van der Waals surface area contributed by atoms with Crippen LogP contribution < -0.4 is 4.74 Å². The summed E-state index contributed by atoms with van der Waals surface area (Å²) in [5, 5.41) is 2.17. The minimum absolute atomic E-state index is 0.557. The first-order chi connectivity index (χ1) is 8.75. The molecule has 2 nitrogen and oxygen atoms in total. The normalized spacial score (nSPS) is 10.3. The quantitative estimate of drug-likeness (QED) is 0.597. The molecular formula is C13H11Cl2NOS. The standard InChI is InChI=1S/C13H11Cl2NOS/c14-10-4-5-11(15)12(9-10)17-7-8-18-13-3-1-2-6-16-13/h1-6,9H,7-8H2. The molecule has 5 heteroatoms. The molecule has 1 aromatic carbocycles. The van der Waals surface area contributed by atoms with Crippen LogP contribution in [0, 0.1) is 0 Å². The second-order valence-corrected chi connectivity index (χ2v) is 5.40. The fourth-order valence-corrected chi connectivity index (χ4v) is 2.34. The summed E-state index contributed by atoms with van der Waals surface area (Å²) in [5.41, 5.74) is 0. The third kappa shape index (κ3) is 4.09. The number of pyridine rings is 1. The smallest absolute Gasteiger partial charge is 0.139 e. The number of halogens is 2. The summed E-state index contributed by atoms with van der Waals surface area (Å²) in [7, 11) is 0. The van der Waals surface area contributed by atoms with Gasteiger partial charge in [0.05, 0.1) is 16.7 Å². The van der Waals surface area contributed by atoms with Crippen molar-refractivity contribution in [1.82, 2.24) is 4.98 Å². The van der Waals surface area contributed by atoms with Gasteiger partial charge < -0.3 is 4.74 Å². The summed E-state index contributed by atoms with van der Waals surface area (Å²) >= 11 is 13.5. The van der Waals surface area contributed by atoms with Gasteiger partial charge in [0, 0.05) is 23.0 Å². The van der Waals surface area contributed by atoms with Crippen LogP contribution in [-0.2, 0) is 0 Å². The lowest BCUT2D eigenvalue weighted by Gasteiger charge is -2.07. The van der Waals surface area contributed by atoms with Crippen molar-refractivity contribution in [2.24, 2.45) is 0 Å². The van der Waals surface area contributed by atoms with Gasteiger partial charge in [-0.05, 0) is 24.3 Å². The van der Waals surface area contributed by atoms with Crippen LogP contribution in [0.2, 0.25) is 10.0 Å². The average Bonchev–Trinajstić information content (AvgIpc) is 2.40. The molecule has 1 aromatic heterocycles. The van der Waals surface area contributed by atoms with E-state index in [1.807, 2.05) is 18.2 Å². The lowest BCUT2D eigenvalue weighted by Crippen LogP contribution is -2.00. The first-order valence-corrected chi connectivity index (χ1v) is 7.11. The number of hydrogen-bond donors (Lipinski definition) is 0. The van der Waals surface area contributed by atoms with Gasteiger partial charge in [-0.15, -0.1) is 11.8 Å². The van der Waals surface area contributed by atoms with E-state index in [1.54, 1.807) is 36.2 Å². The number of nitrogens with zero attached hydrogens (tertiary/aromatic N) is 1. The Hall–Kier alpha value is -0.900.